The normalized spacial score (nSPS) is 17.8. The number of imidazole rings is 1. The lowest BCUT2D eigenvalue weighted by molar-refractivity contribution is -0.167. The third-order valence-corrected chi connectivity index (χ3v) is 3.85. The van der Waals surface area contributed by atoms with Gasteiger partial charge in [0.05, 0.1) is 19.2 Å². The lowest BCUT2D eigenvalue weighted by atomic mass is 10.1. The van der Waals surface area contributed by atoms with Crippen LogP contribution in [-0.2, 0) is 14.3 Å². The van der Waals surface area contributed by atoms with Crippen molar-refractivity contribution in [3.8, 4) is 0 Å². The van der Waals surface area contributed by atoms with Crippen molar-refractivity contribution in [2.45, 2.75) is 12.6 Å². The zero-order valence-electron chi connectivity index (χ0n) is 13.1. The molecule has 134 valence electrons. The molecule has 0 radical (unpaired) electrons. The lowest BCUT2D eigenvalue weighted by Gasteiger charge is -2.16. The molecule has 0 bridgehead atoms. The van der Waals surface area contributed by atoms with E-state index in [9.17, 15) is 22.8 Å². The number of rotatable bonds is 3. The number of hydrogen-bond acceptors (Lipinski definition) is 6. The summed E-state index contributed by atoms with van der Waals surface area (Å²) in [6.45, 7) is 1.04. The van der Waals surface area contributed by atoms with Crippen molar-refractivity contribution in [1.82, 2.24) is 14.6 Å². The summed E-state index contributed by atoms with van der Waals surface area (Å²) in [7, 11) is 1.33. The van der Waals surface area contributed by atoms with Crippen LogP contribution in [0.4, 0.5) is 24.8 Å². The quantitative estimate of drug-likeness (QED) is 0.832. The van der Waals surface area contributed by atoms with E-state index in [1.54, 1.807) is 17.4 Å². The molecule has 1 saturated heterocycles. The minimum absolute atomic E-state index is 0.244. The van der Waals surface area contributed by atoms with Crippen LogP contribution in [-0.4, -0.2) is 52.9 Å². The van der Waals surface area contributed by atoms with Crippen LogP contribution >= 0.6 is 0 Å². The first-order chi connectivity index (χ1) is 11.8. The summed E-state index contributed by atoms with van der Waals surface area (Å²) in [5.41, 5.74) is 0.282. The first-order valence-electron chi connectivity index (χ1n) is 7.35. The molecule has 0 spiro atoms. The summed E-state index contributed by atoms with van der Waals surface area (Å²) in [5.74, 6) is -2.34. The van der Waals surface area contributed by atoms with Gasteiger partial charge >= 0.3 is 18.1 Å². The third-order valence-electron chi connectivity index (χ3n) is 3.85. The zero-order valence-corrected chi connectivity index (χ0v) is 13.1. The molecular weight excluding hydrogens is 343 g/mol. The molecule has 1 aliphatic heterocycles. The second kappa shape index (κ2) is 6.22. The molecule has 1 N–H and O–H groups in total. The monoisotopic (exact) mass is 357 g/mol. The molecule has 2 aromatic rings. The number of alkyl halides is 3. The average molecular weight is 357 g/mol. The number of fused-ring (bicyclic) bond motifs is 1. The highest BCUT2D eigenvalue weighted by atomic mass is 19.4. The van der Waals surface area contributed by atoms with Crippen molar-refractivity contribution < 1.29 is 27.5 Å². The molecule has 0 aromatic carbocycles. The van der Waals surface area contributed by atoms with Crippen LogP contribution in [0.5, 0.6) is 0 Å². The van der Waals surface area contributed by atoms with Crippen molar-refractivity contribution in [2.24, 2.45) is 5.92 Å². The van der Waals surface area contributed by atoms with E-state index in [0.29, 0.717) is 25.3 Å². The number of amides is 1. The number of carbonyl (C=O) groups is 2. The molecule has 1 atom stereocenters. The van der Waals surface area contributed by atoms with Crippen LogP contribution in [0.1, 0.15) is 6.42 Å². The fraction of sp³-hybridized carbons (Fsp3) is 0.429. The number of esters is 1. The number of carbonyl (C=O) groups excluding carboxylic acids is 2. The lowest BCUT2D eigenvalue weighted by Crippen LogP contribution is -2.30. The van der Waals surface area contributed by atoms with Gasteiger partial charge in [-0.1, -0.05) is 0 Å². The van der Waals surface area contributed by atoms with Gasteiger partial charge in [0.25, 0.3) is 0 Å². The third kappa shape index (κ3) is 3.49. The number of ether oxygens (including phenoxy) is 1. The van der Waals surface area contributed by atoms with Gasteiger partial charge < -0.3 is 15.0 Å². The maximum Gasteiger partial charge on any atom is 0.471 e. The van der Waals surface area contributed by atoms with E-state index in [4.69, 9.17) is 4.74 Å². The summed E-state index contributed by atoms with van der Waals surface area (Å²) in [6.07, 6.45) is -3.17. The zero-order chi connectivity index (χ0) is 18.2. The predicted octanol–water partition coefficient (Wildman–Crippen LogP) is 1.23. The molecule has 3 rings (SSSR count). The molecule has 1 amide bonds. The summed E-state index contributed by atoms with van der Waals surface area (Å²) >= 11 is 0. The molecule has 1 aliphatic rings. The van der Waals surface area contributed by atoms with E-state index in [0.717, 1.165) is 0 Å². The van der Waals surface area contributed by atoms with Gasteiger partial charge in [-0.15, -0.1) is 5.10 Å². The Hall–Kier alpha value is -2.85. The van der Waals surface area contributed by atoms with Crippen LogP contribution in [0, 0.1) is 5.92 Å². The highest BCUT2D eigenvalue weighted by Gasteiger charge is 2.39. The van der Waals surface area contributed by atoms with Crippen molar-refractivity contribution in [1.29, 1.82) is 0 Å². The molecule has 25 heavy (non-hydrogen) atoms. The van der Waals surface area contributed by atoms with Gasteiger partial charge in [0, 0.05) is 13.1 Å². The number of aromatic nitrogens is 3. The van der Waals surface area contributed by atoms with E-state index >= 15 is 0 Å². The van der Waals surface area contributed by atoms with E-state index in [1.165, 1.54) is 17.8 Å². The number of hydrogen-bond donors (Lipinski definition) is 1. The number of anilines is 2. The van der Waals surface area contributed by atoms with Crippen LogP contribution in [0.2, 0.25) is 0 Å². The Morgan fingerprint density at radius 1 is 1.36 bits per heavy atom. The van der Waals surface area contributed by atoms with Gasteiger partial charge in [-0.3, -0.25) is 9.59 Å². The molecular formula is C14H14F3N5O3. The van der Waals surface area contributed by atoms with Crippen LogP contribution in [0.25, 0.3) is 5.65 Å². The number of nitrogens with one attached hydrogen (secondary N) is 1. The van der Waals surface area contributed by atoms with Gasteiger partial charge in [0.2, 0.25) is 0 Å². The van der Waals surface area contributed by atoms with Crippen molar-refractivity contribution in [2.75, 3.05) is 30.4 Å². The summed E-state index contributed by atoms with van der Waals surface area (Å²) < 4.78 is 42.8. The van der Waals surface area contributed by atoms with Gasteiger partial charge in [-0.05, 0) is 18.6 Å². The largest absolute Gasteiger partial charge is 0.471 e. The van der Waals surface area contributed by atoms with Gasteiger partial charge in [-0.25, -0.2) is 9.50 Å². The SMILES string of the molecule is COC(=O)C1CCN(c2ccc3nc(NC(=O)C(F)(F)F)cn3n2)C1. The standard InChI is InChI=1S/C14H14F3N5O3/c1-25-12(23)8-4-5-21(6-8)11-3-2-10-18-9(7-22(10)20-11)19-13(24)14(15,16)17/h2-3,7-8H,4-6H2,1H3,(H,19,24). The number of methoxy groups -OCH3 is 1. The molecule has 1 unspecified atom stereocenters. The van der Waals surface area contributed by atoms with E-state index in [2.05, 4.69) is 10.1 Å². The topological polar surface area (TPSA) is 88.8 Å². The maximum atomic E-state index is 12.3. The summed E-state index contributed by atoms with van der Waals surface area (Å²) in [5, 5.41) is 5.94. The molecule has 0 aliphatic carbocycles. The van der Waals surface area contributed by atoms with Crippen molar-refractivity contribution >= 4 is 29.2 Å². The Balaban J connectivity index is 1.77. The fourth-order valence-electron chi connectivity index (χ4n) is 2.62. The highest BCUT2D eigenvalue weighted by molar-refractivity contribution is 5.94. The van der Waals surface area contributed by atoms with Crippen LogP contribution in [0.3, 0.4) is 0 Å². The summed E-state index contributed by atoms with van der Waals surface area (Å²) in [6, 6.07) is 3.22. The van der Waals surface area contributed by atoms with Gasteiger partial charge in [-0.2, -0.15) is 13.2 Å². The minimum Gasteiger partial charge on any atom is -0.469 e. The van der Waals surface area contributed by atoms with E-state index < -0.39 is 12.1 Å². The molecule has 3 heterocycles. The molecule has 8 nitrogen and oxygen atoms in total. The number of halogens is 3. The van der Waals surface area contributed by atoms with E-state index in [-0.39, 0.29) is 23.4 Å². The highest BCUT2D eigenvalue weighted by Crippen LogP contribution is 2.24. The Bertz CT molecular complexity index is 820. The molecule has 11 heteroatoms. The van der Waals surface area contributed by atoms with Crippen LogP contribution in [0.15, 0.2) is 18.3 Å². The molecule has 2 aromatic heterocycles. The molecule has 0 saturated carbocycles. The predicted molar refractivity (Wildman–Crippen MR) is 80.0 cm³/mol. The minimum atomic E-state index is -4.99. The van der Waals surface area contributed by atoms with Crippen molar-refractivity contribution in [3.63, 3.8) is 0 Å². The van der Waals surface area contributed by atoms with Gasteiger partial charge in [0.1, 0.15) is 5.82 Å². The average Bonchev–Trinajstić information content (AvgIpc) is 3.18. The van der Waals surface area contributed by atoms with E-state index in [1.807, 2.05) is 4.90 Å². The smallest absolute Gasteiger partial charge is 0.469 e. The Morgan fingerprint density at radius 2 is 2.12 bits per heavy atom. The van der Waals surface area contributed by atoms with Gasteiger partial charge in [0.15, 0.2) is 11.5 Å². The Morgan fingerprint density at radius 3 is 2.80 bits per heavy atom. The fourth-order valence-corrected chi connectivity index (χ4v) is 2.62. The van der Waals surface area contributed by atoms with Crippen LogP contribution < -0.4 is 10.2 Å². The first-order valence-corrected chi connectivity index (χ1v) is 7.35. The van der Waals surface area contributed by atoms with Crippen molar-refractivity contribution in [3.05, 3.63) is 18.3 Å². The maximum absolute atomic E-state index is 12.3. The Labute approximate surface area is 139 Å². The first kappa shape index (κ1) is 17.0. The summed E-state index contributed by atoms with van der Waals surface area (Å²) in [4.78, 5) is 28.3. The second-order valence-corrected chi connectivity index (χ2v) is 5.53. The molecule has 1 fully saturated rings. The Kier molecular flexibility index (Phi) is 4.23. The number of nitrogens with zero attached hydrogens (tertiary/aromatic N) is 4. The second-order valence-electron chi connectivity index (χ2n) is 5.53.